The van der Waals surface area contributed by atoms with Crippen LogP contribution in [0.4, 0.5) is 0 Å². The van der Waals surface area contributed by atoms with Gasteiger partial charge >= 0.3 is 0 Å². The van der Waals surface area contributed by atoms with Crippen molar-refractivity contribution in [1.82, 2.24) is 10.1 Å². The highest BCUT2D eigenvalue weighted by molar-refractivity contribution is 4.98. The fourth-order valence-corrected chi connectivity index (χ4v) is 1.89. The SMILES string of the molecule is CCCC(CN)c1nc(C(OC)C(C)C)no1. The number of hydrogen-bond donors (Lipinski definition) is 1. The Morgan fingerprint density at radius 1 is 1.41 bits per heavy atom. The Hall–Kier alpha value is -0.940. The molecular weight excluding hydrogens is 218 g/mol. The van der Waals surface area contributed by atoms with E-state index in [1.54, 1.807) is 7.11 Å². The second kappa shape index (κ2) is 6.71. The molecule has 2 unspecified atom stereocenters. The van der Waals surface area contributed by atoms with E-state index >= 15 is 0 Å². The summed E-state index contributed by atoms with van der Waals surface area (Å²) in [6.45, 7) is 6.79. The highest BCUT2D eigenvalue weighted by atomic mass is 16.5. The summed E-state index contributed by atoms with van der Waals surface area (Å²) in [4.78, 5) is 4.41. The molecule has 5 heteroatoms. The average Bonchev–Trinajstić information content (AvgIpc) is 2.75. The van der Waals surface area contributed by atoms with E-state index in [4.69, 9.17) is 15.0 Å². The second-order valence-electron chi connectivity index (χ2n) is 4.61. The van der Waals surface area contributed by atoms with Gasteiger partial charge in [0.25, 0.3) is 0 Å². The van der Waals surface area contributed by atoms with Crippen molar-refractivity contribution in [3.63, 3.8) is 0 Å². The molecular formula is C12H23N3O2. The van der Waals surface area contributed by atoms with E-state index in [9.17, 15) is 0 Å². The molecule has 0 fully saturated rings. The minimum Gasteiger partial charge on any atom is -0.373 e. The first-order valence-corrected chi connectivity index (χ1v) is 6.20. The van der Waals surface area contributed by atoms with E-state index < -0.39 is 0 Å². The lowest BCUT2D eigenvalue weighted by Gasteiger charge is -2.14. The number of ether oxygens (including phenoxy) is 1. The van der Waals surface area contributed by atoms with Crippen LogP contribution in [0, 0.1) is 5.92 Å². The van der Waals surface area contributed by atoms with Crippen LogP contribution < -0.4 is 5.73 Å². The van der Waals surface area contributed by atoms with E-state index in [-0.39, 0.29) is 12.0 Å². The summed E-state index contributed by atoms with van der Waals surface area (Å²) in [7, 11) is 1.66. The van der Waals surface area contributed by atoms with Gasteiger partial charge in [-0.25, -0.2) is 0 Å². The van der Waals surface area contributed by atoms with Gasteiger partial charge in [-0.3, -0.25) is 0 Å². The van der Waals surface area contributed by atoms with Crippen LogP contribution in [-0.4, -0.2) is 23.8 Å². The van der Waals surface area contributed by atoms with E-state index in [1.807, 2.05) is 0 Å². The smallest absolute Gasteiger partial charge is 0.231 e. The molecule has 1 aromatic heterocycles. The summed E-state index contributed by atoms with van der Waals surface area (Å²) in [5.74, 6) is 1.72. The van der Waals surface area contributed by atoms with Gasteiger partial charge in [0, 0.05) is 13.7 Å². The topological polar surface area (TPSA) is 74.2 Å². The van der Waals surface area contributed by atoms with Crippen LogP contribution >= 0.6 is 0 Å². The maximum Gasteiger partial charge on any atom is 0.231 e. The van der Waals surface area contributed by atoms with Crippen molar-refractivity contribution in [3.05, 3.63) is 11.7 Å². The van der Waals surface area contributed by atoms with Crippen LogP contribution in [0.25, 0.3) is 0 Å². The second-order valence-corrected chi connectivity index (χ2v) is 4.61. The summed E-state index contributed by atoms with van der Waals surface area (Å²) in [5, 5.41) is 3.99. The van der Waals surface area contributed by atoms with Crippen LogP contribution in [0.1, 0.15) is 57.3 Å². The molecule has 5 nitrogen and oxygen atoms in total. The summed E-state index contributed by atoms with van der Waals surface area (Å²) in [6, 6.07) is 0. The lowest BCUT2D eigenvalue weighted by Crippen LogP contribution is -2.14. The van der Waals surface area contributed by atoms with Gasteiger partial charge in [-0.2, -0.15) is 4.98 Å². The summed E-state index contributed by atoms with van der Waals surface area (Å²) < 4.78 is 10.7. The van der Waals surface area contributed by atoms with E-state index in [0.717, 1.165) is 12.8 Å². The average molecular weight is 241 g/mol. The van der Waals surface area contributed by atoms with Crippen molar-refractivity contribution in [3.8, 4) is 0 Å². The van der Waals surface area contributed by atoms with Gasteiger partial charge in [0.1, 0.15) is 6.10 Å². The highest BCUT2D eigenvalue weighted by Crippen LogP contribution is 2.25. The van der Waals surface area contributed by atoms with Gasteiger partial charge in [0.05, 0.1) is 5.92 Å². The Morgan fingerprint density at radius 2 is 2.12 bits per heavy atom. The predicted molar refractivity (Wildman–Crippen MR) is 65.6 cm³/mol. The third-order valence-corrected chi connectivity index (χ3v) is 2.84. The van der Waals surface area contributed by atoms with Crippen LogP contribution in [0.3, 0.4) is 0 Å². The van der Waals surface area contributed by atoms with Gasteiger partial charge in [-0.15, -0.1) is 0 Å². The molecule has 0 aliphatic rings. The number of methoxy groups -OCH3 is 1. The zero-order chi connectivity index (χ0) is 12.8. The zero-order valence-corrected chi connectivity index (χ0v) is 11.1. The Kier molecular flexibility index (Phi) is 5.58. The maximum atomic E-state index is 5.71. The normalized spacial score (nSPS) is 15.2. The predicted octanol–water partition coefficient (Wildman–Crippen LogP) is 2.26. The first-order chi connectivity index (χ1) is 8.13. The van der Waals surface area contributed by atoms with Crippen molar-refractivity contribution in [2.45, 2.75) is 45.6 Å². The standard InChI is InChI=1S/C12H23N3O2/c1-5-6-9(7-13)12-14-11(15-17-12)10(16-4)8(2)3/h8-10H,5-7,13H2,1-4H3. The molecule has 2 N–H and O–H groups in total. The molecule has 0 radical (unpaired) electrons. The lowest BCUT2D eigenvalue weighted by molar-refractivity contribution is 0.0555. The molecule has 17 heavy (non-hydrogen) atoms. The quantitative estimate of drug-likeness (QED) is 0.792. The maximum absolute atomic E-state index is 5.71. The number of nitrogens with zero attached hydrogens (tertiary/aromatic N) is 2. The Balaban J connectivity index is 2.82. The number of nitrogens with two attached hydrogens (primary N) is 1. The van der Waals surface area contributed by atoms with Crippen molar-refractivity contribution < 1.29 is 9.26 Å². The first-order valence-electron chi connectivity index (χ1n) is 6.20. The Labute approximate surface area is 103 Å². The molecule has 0 spiro atoms. The molecule has 1 aromatic rings. The molecule has 0 saturated heterocycles. The molecule has 2 atom stereocenters. The van der Waals surface area contributed by atoms with E-state index in [2.05, 4.69) is 30.9 Å². The fraction of sp³-hybridized carbons (Fsp3) is 0.833. The van der Waals surface area contributed by atoms with Crippen molar-refractivity contribution >= 4 is 0 Å². The zero-order valence-electron chi connectivity index (χ0n) is 11.1. The summed E-state index contributed by atoms with van der Waals surface area (Å²) in [5.41, 5.74) is 5.71. The Bertz CT molecular complexity index is 325. The largest absolute Gasteiger partial charge is 0.373 e. The van der Waals surface area contributed by atoms with Gasteiger partial charge in [-0.05, 0) is 12.3 Å². The Morgan fingerprint density at radius 3 is 2.59 bits per heavy atom. The minimum absolute atomic E-state index is 0.118. The number of hydrogen-bond acceptors (Lipinski definition) is 5. The third-order valence-electron chi connectivity index (χ3n) is 2.84. The van der Waals surface area contributed by atoms with Crippen LogP contribution in [0.5, 0.6) is 0 Å². The van der Waals surface area contributed by atoms with Gasteiger partial charge in [-0.1, -0.05) is 32.3 Å². The molecule has 0 bridgehead atoms. The van der Waals surface area contributed by atoms with Crippen molar-refractivity contribution in [2.24, 2.45) is 11.7 Å². The van der Waals surface area contributed by atoms with Gasteiger partial charge < -0.3 is 15.0 Å². The molecule has 1 rings (SSSR count). The van der Waals surface area contributed by atoms with Crippen molar-refractivity contribution in [1.29, 1.82) is 0 Å². The van der Waals surface area contributed by atoms with E-state index in [1.165, 1.54) is 0 Å². The van der Waals surface area contributed by atoms with Crippen LogP contribution in [0.2, 0.25) is 0 Å². The molecule has 1 heterocycles. The molecule has 0 aliphatic heterocycles. The molecule has 0 amide bonds. The molecule has 0 saturated carbocycles. The summed E-state index contributed by atoms with van der Waals surface area (Å²) in [6.07, 6.45) is 1.90. The lowest BCUT2D eigenvalue weighted by atomic mass is 10.0. The third kappa shape index (κ3) is 3.51. The first kappa shape index (κ1) is 14.1. The van der Waals surface area contributed by atoms with Gasteiger partial charge in [0.2, 0.25) is 11.7 Å². The van der Waals surface area contributed by atoms with Crippen LogP contribution in [0.15, 0.2) is 4.52 Å². The molecule has 98 valence electrons. The molecule has 0 aromatic carbocycles. The monoisotopic (exact) mass is 241 g/mol. The van der Waals surface area contributed by atoms with Gasteiger partial charge in [0.15, 0.2) is 0 Å². The van der Waals surface area contributed by atoms with Crippen molar-refractivity contribution in [2.75, 3.05) is 13.7 Å². The number of aromatic nitrogens is 2. The minimum atomic E-state index is -0.118. The van der Waals surface area contributed by atoms with E-state index in [0.29, 0.717) is 24.2 Å². The number of rotatable bonds is 7. The van der Waals surface area contributed by atoms with Crippen LogP contribution in [-0.2, 0) is 4.74 Å². The highest BCUT2D eigenvalue weighted by Gasteiger charge is 2.23. The summed E-state index contributed by atoms with van der Waals surface area (Å²) >= 11 is 0. The molecule has 0 aliphatic carbocycles. The fourth-order valence-electron chi connectivity index (χ4n) is 1.89.